The van der Waals surface area contributed by atoms with Crippen molar-refractivity contribution in [2.45, 2.75) is 13.0 Å². The van der Waals surface area contributed by atoms with Crippen molar-refractivity contribution < 1.29 is 19.4 Å². The van der Waals surface area contributed by atoms with E-state index >= 15 is 0 Å². The summed E-state index contributed by atoms with van der Waals surface area (Å²) in [4.78, 5) is 31.6. The fraction of sp³-hybridized carbons (Fsp3) is 0.125. The van der Waals surface area contributed by atoms with Crippen molar-refractivity contribution in [2.24, 2.45) is 0 Å². The van der Waals surface area contributed by atoms with E-state index in [1.807, 2.05) is 31.2 Å². The molecule has 2 heterocycles. The van der Waals surface area contributed by atoms with Gasteiger partial charge in [-0.2, -0.15) is 0 Å². The Balaban J connectivity index is 1.91. The van der Waals surface area contributed by atoms with Crippen molar-refractivity contribution >= 4 is 23.3 Å². The number of pyridine rings is 1. The van der Waals surface area contributed by atoms with Crippen LogP contribution in [0, 0.1) is 6.92 Å². The normalized spacial score (nSPS) is 17.9. The van der Waals surface area contributed by atoms with E-state index in [0.29, 0.717) is 22.7 Å². The molecule has 1 fully saturated rings. The Labute approximate surface area is 174 Å². The third-order valence-corrected chi connectivity index (χ3v) is 5.10. The lowest BCUT2D eigenvalue weighted by Crippen LogP contribution is -2.30. The molecule has 1 unspecified atom stereocenters. The third-order valence-electron chi connectivity index (χ3n) is 5.10. The standard InChI is InChI=1S/C24H20N2O4/c1-15-6-8-16(9-7-15)21-20(22(27)17-10-12-18(30-2)13-11-17)23(28)24(29)26(21)19-5-3-4-14-25-19/h3-14,21,27H,1-2H3. The molecular weight excluding hydrogens is 380 g/mol. The number of amides is 1. The predicted octanol–water partition coefficient (Wildman–Crippen LogP) is 4.02. The average Bonchev–Trinajstić information content (AvgIpc) is 3.05. The number of hydrogen-bond acceptors (Lipinski definition) is 5. The van der Waals surface area contributed by atoms with Gasteiger partial charge < -0.3 is 9.84 Å². The number of aliphatic hydroxyl groups is 1. The van der Waals surface area contributed by atoms with Crippen LogP contribution >= 0.6 is 0 Å². The maximum absolute atomic E-state index is 13.0. The molecule has 0 bridgehead atoms. The number of aromatic nitrogens is 1. The number of rotatable bonds is 4. The van der Waals surface area contributed by atoms with Gasteiger partial charge in [-0.15, -0.1) is 0 Å². The first-order valence-corrected chi connectivity index (χ1v) is 9.44. The summed E-state index contributed by atoms with van der Waals surface area (Å²) in [5.41, 5.74) is 2.20. The van der Waals surface area contributed by atoms with Gasteiger partial charge in [0.25, 0.3) is 5.78 Å². The number of benzene rings is 2. The molecule has 30 heavy (non-hydrogen) atoms. The van der Waals surface area contributed by atoms with Crippen LogP contribution in [0.25, 0.3) is 5.76 Å². The smallest absolute Gasteiger partial charge is 0.301 e. The second-order valence-corrected chi connectivity index (χ2v) is 7.00. The Kier molecular flexibility index (Phi) is 5.06. The highest BCUT2D eigenvalue weighted by atomic mass is 16.5. The van der Waals surface area contributed by atoms with E-state index in [0.717, 1.165) is 5.56 Å². The van der Waals surface area contributed by atoms with Crippen LogP contribution in [0.3, 0.4) is 0 Å². The monoisotopic (exact) mass is 400 g/mol. The van der Waals surface area contributed by atoms with Crippen molar-refractivity contribution in [3.05, 3.63) is 95.2 Å². The van der Waals surface area contributed by atoms with Crippen molar-refractivity contribution in [3.8, 4) is 5.75 Å². The number of hydrogen-bond donors (Lipinski definition) is 1. The molecule has 1 aliphatic rings. The van der Waals surface area contributed by atoms with E-state index in [1.54, 1.807) is 55.8 Å². The highest BCUT2D eigenvalue weighted by Crippen LogP contribution is 2.41. The summed E-state index contributed by atoms with van der Waals surface area (Å²) in [6.07, 6.45) is 1.56. The number of aliphatic hydroxyl groups excluding tert-OH is 1. The number of ketones is 1. The Morgan fingerprint density at radius 3 is 2.30 bits per heavy atom. The summed E-state index contributed by atoms with van der Waals surface area (Å²) in [6, 6.07) is 18.5. The molecule has 3 aromatic rings. The Morgan fingerprint density at radius 2 is 1.70 bits per heavy atom. The number of Topliss-reactive ketones (excluding diaryl/α,β-unsaturated/α-hetero) is 1. The maximum atomic E-state index is 13.0. The lowest BCUT2D eigenvalue weighted by Gasteiger charge is -2.24. The summed E-state index contributed by atoms with van der Waals surface area (Å²) in [6.45, 7) is 1.96. The summed E-state index contributed by atoms with van der Waals surface area (Å²) in [7, 11) is 1.55. The molecule has 4 rings (SSSR count). The molecular formula is C24H20N2O4. The second kappa shape index (κ2) is 7.83. The summed E-state index contributed by atoms with van der Waals surface area (Å²) < 4.78 is 5.15. The van der Waals surface area contributed by atoms with Crippen molar-refractivity contribution in [3.63, 3.8) is 0 Å². The van der Waals surface area contributed by atoms with E-state index < -0.39 is 17.7 Å². The number of methoxy groups -OCH3 is 1. The number of anilines is 1. The van der Waals surface area contributed by atoms with Crippen LogP contribution in [-0.2, 0) is 9.59 Å². The van der Waals surface area contributed by atoms with Gasteiger partial charge in [0.1, 0.15) is 17.3 Å². The van der Waals surface area contributed by atoms with Crippen LogP contribution in [0.1, 0.15) is 22.7 Å². The van der Waals surface area contributed by atoms with Gasteiger partial charge in [-0.3, -0.25) is 14.5 Å². The molecule has 1 N–H and O–H groups in total. The fourth-order valence-corrected chi connectivity index (χ4v) is 3.53. The second-order valence-electron chi connectivity index (χ2n) is 7.00. The molecule has 2 aromatic carbocycles. The average molecular weight is 400 g/mol. The first-order chi connectivity index (χ1) is 14.5. The van der Waals surface area contributed by atoms with Gasteiger partial charge in [-0.25, -0.2) is 4.98 Å². The minimum absolute atomic E-state index is 0.0275. The lowest BCUT2D eigenvalue weighted by molar-refractivity contribution is -0.132. The molecule has 0 saturated carbocycles. The van der Waals surface area contributed by atoms with E-state index in [9.17, 15) is 14.7 Å². The van der Waals surface area contributed by atoms with E-state index in [1.165, 1.54) is 4.90 Å². The van der Waals surface area contributed by atoms with Gasteiger partial charge in [-0.1, -0.05) is 35.9 Å². The first kappa shape index (κ1) is 19.4. The maximum Gasteiger partial charge on any atom is 0.301 e. The Morgan fingerprint density at radius 1 is 1.00 bits per heavy atom. The minimum atomic E-state index is -0.789. The van der Waals surface area contributed by atoms with Crippen molar-refractivity contribution in [1.82, 2.24) is 4.98 Å². The highest BCUT2D eigenvalue weighted by Gasteiger charge is 2.47. The minimum Gasteiger partial charge on any atom is -0.507 e. The Hall–Kier alpha value is -3.93. The van der Waals surface area contributed by atoms with Crippen LogP contribution in [0.4, 0.5) is 5.82 Å². The third kappa shape index (κ3) is 3.33. The SMILES string of the molecule is COc1ccc(C(O)=C2C(=O)C(=O)N(c3ccccn3)C2c2ccc(C)cc2)cc1. The lowest BCUT2D eigenvalue weighted by atomic mass is 9.94. The molecule has 1 aromatic heterocycles. The van der Waals surface area contributed by atoms with Crippen molar-refractivity contribution in [2.75, 3.05) is 12.0 Å². The zero-order valence-electron chi connectivity index (χ0n) is 16.6. The van der Waals surface area contributed by atoms with Gasteiger partial charge in [0.05, 0.1) is 18.7 Å². The van der Waals surface area contributed by atoms with Crippen LogP contribution in [0.2, 0.25) is 0 Å². The number of carbonyl (C=O) groups excluding carboxylic acids is 2. The van der Waals surface area contributed by atoms with E-state index in [4.69, 9.17) is 4.74 Å². The van der Waals surface area contributed by atoms with Gasteiger partial charge >= 0.3 is 5.91 Å². The first-order valence-electron chi connectivity index (χ1n) is 9.44. The molecule has 1 aliphatic heterocycles. The fourth-order valence-electron chi connectivity index (χ4n) is 3.53. The highest BCUT2D eigenvalue weighted by molar-refractivity contribution is 6.51. The molecule has 1 amide bonds. The molecule has 6 heteroatoms. The summed E-state index contributed by atoms with van der Waals surface area (Å²) >= 11 is 0. The zero-order chi connectivity index (χ0) is 21.3. The van der Waals surface area contributed by atoms with Crippen LogP contribution < -0.4 is 9.64 Å². The Bertz CT molecular complexity index is 1120. The van der Waals surface area contributed by atoms with Crippen molar-refractivity contribution in [1.29, 1.82) is 0 Å². The van der Waals surface area contributed by atoms with Gasteiger partial charge in [0.15, 0.2) is 0 Å². The summed E-state index contributed by atoms with van der Waals surface area (Å²) in [5, 5.41) is 11.0. The van der Waals surface area contributed by atoms with Gasteiger partial charge in [0, 0.05) is 11.8 Å². The van der Waals surface area contributed by atoms with Crippen LogP contribution in [0.5, 0.6) is 5.75 Å². The summed E-state index contributed by atoms with van der Waals surface area (Å²) in [5.74, 6) is -0.747. The zero-order valence-corrected chi connectivity index (χ0v) is 16.6. The molecule has 0 aliphatic carbocycles. The molecule has 0 spiro atoms. The van der Waals surface area contributed by atoms with E-state index in [2.05, 4.69) is 4.98 Å². The number of nitrogens with zero attached hydrogens (tertiary/aromatic N) is 2. The van der Waals surface area contributed by atoms with E-state index in [-0.39, 0.29) is 11.3 Å². The topological polar surface area (TPSA) is 79.7 Å². The van der Waals surface area contributed by atoms with Gasteiger partial charge in [-0.05, 0) is 48.9 Å². The van der Waals surface area contributed by atoms with Crippen LogP contribution in [-0.4, -0.2) is 28.9 Å². The molecule has 1 saturated heterocycles. The molecule has 0 radical (unpaired) electrons. The number of carbonyl (C=O) groups is 2. The quantitative estimate of drug-likeness (QED) is 0.406. The molecule has 1 atom stereocenters. The van der Waals surface area contributed by atoms with Gasteiger partial charge in [0.2, 0.25) is 0 Å². The predicted molar refractivity (Wildman–Crippen MR) is 113 cm³/mol. The number of ether oxygens (including phenoxy) is 1. The van der Waals surface area contributed by atoms with Crippen LogP contribution in [0.15, 0.2) is 78.5 Å². The molecule has 6 nitrogen and oxygen atoms in total. The molecule has 150 valence electrons. The largest absolute Gasteiger partial charge is 0.507 e. The number of aryl methyl sites for hydroxylation is 1.